The van der Waals surface area contributed by atoms with E-state index in [1.165, 1.54) is 6.07 Å². The number of carboxylic acid groups (broad SMARTS) is 2. The van der Waals surface area contributed by atoms with Crippen molar-refractivity contribution in [3.8, 4) is 0 Å². The van der Waals surface area contributed by atoms with Crippen molar-refractivity contribution in [1.82, 2.24) is 4.72 Å². The van der Waals surface area contributed by atoms with Gasteiger partial charge in [-0.15, -0.1) is 0 Å². The van der Waals surface area contributed by atoms with Gasteiger partial charge in [-0.2, -0.15) is 0 Å². The Hall–Kier alpha value is -1.93. The molecule has 0 spiro atoms. The largest absolute Gasteiger partial charge is 0.550 e. The van der Waals surface area contributed by atoms with E-state index in [9.17, 15) is 28.2 Å². The number of hydrogen-bond donors (Lipinski definition) is 1. The third-order valence-electron chi connectivity index (χ3n) is 2.85. The quantitative estimate of drug-likeness (QED) is 0.635. The molecule has 8 heteroatoms. The Labute approximate surface area is 122 Å². The Balaban J connectivity index is 3.03. The Morgan fingerprint density at radius 2 is 1.86 bits per heavy atom. The first-order chi connectivity index (χ1) is 9.63. The highest BCUT2D eigenvalue weighted by atomic mass is 32.2. The summed E-state index contributed by atoms with van der Waals surface area (Å²) in [5.41, 5.74) is 1.14. The molecule has 1 aromatic rings. The molecule has 1 atom stereocenters. The monoisotopic (exact) mass is 313 g/mol. The SMILES string of the molecule is Cc1ccc(C)c(S(=O)(=O)NC(CCC(=O)[O-])C(=O)[O-])c1. The van der Waals surface area contributed by atoms with E-state index in [0.29, 0.717) is 11.1 Å². The second-order valence-corrected chi connectivity index (χ2v) is 6.35. The molecule has 0 amide bonds. The number of nitrogens with one attached hydrogen (secondary N) is 1. The van der Waals surface area contributed by atoms with Crippen molar-refractivity contribution in [2.75, 3.05) is 0 Å². The predicted molar refractivity (Wildman–Crippen MR) is 69.3 cm³/mol. The normalized spacial score (nSPS) is 12.9. The maximum atomic E-state index is 12.2. The molecule has 21 heavy (non-hydrogen) atoms. The molecule has 0 saturated carbocycles. The summed E-state index contributed by atoms with van der Waals surface area (Å²) in [6, 6.07) is 3.09. The van der Waals surface area contributed by atoms with Gasteiger partial charge in [-0.1, -0.05) is 12.1 Å². The Bertz CT molecular complexity index is 653. The van der Waals surface area contributed by atoms with Crippen LogP contribution >= 0.6 is 0 Å². The van der Waals surface area contributed by atoms with E-state index >= 15 is 0 Å². The Morgan fingerprint density at radius 1 is 1.24 bits per heavy atom. The number of aryl methyl sites for hydroxylation is 2. The molecule has 1 N–H and O–H groups in total. The van der Waals surface area contributed by atoms with Crippen LogP contribution in [-0.2, 0) is 19.6 Å². The second-order valence-electron chi connectivity index (χ2n) is 4.67. The van der Waals surface area contributed by atoms with Crippen LogP contribution in [0.3, 0.4) is 0 Å². The topological polar surface area (TPSA) is 126 Å². The fourth-order valence-electron chi connectivity index (χ4n) is 1.73. The van der Waals surface area contributed by atoms with Crippen LogP contribution in [0.25, 0.3) is 0 Å². The van der Waals surface area contributed by atoms with Crippen molar-refractivity contribution in [3.05, 3.63) is 29.3 Å². The van der Waals surface area contributed by atoms with Crippen molar-refractivity contribution in [3.63, 3.8) is 0 Å². The molecule has 7 nitrogen and oxygen atoms in total. The number of carboxylic acids is 2. The van der Waals surface area contributed by atoms with Gasteiger partial charge < -0.3 is 19.8 Å². The van der Waals surface area contributed by atoms with Gasteiger partial charge in [0.15, 0.2) is 0 Å². The third kappa shape index (κ3) is 4.83. The van der Waals surface area contributed by atoms with Crippen molar-refractivity contribution in [2.45, 2.75) is 37.6 Å². The van der Waals surface area contributed by atoms with Gasteiger partial charge in [0.25, 0.3) is 0 Å². The van der Waals surface area contributed by atoms with E-state index in [1.807, 2.05) is 4.72 Å². The summed E-state index contributed by atoms with van der Waals surface area (Å²) in [4.78, 5) is 21.2. The van der Waals surface area contributed by atoms with Crippen LogP contribution in [0.15, 0.2) is 23.1 Å². The highest BCUT2D eigenvalue weighted by Gasteiger charge is 2.22. The Morgan fingerprint density at radius 3 is 2.38 bits per heavy atom. The third-order valence-corrected chi connectivity index (χ3v) is 4.47. The summed E-state index contributed by atoms with van der Waals surface area (Å²) in [5, 5.41) is 21.3. The first-order valence-corrected chi connectivity index (χ1v) is 7.62. The molecule has 1 aromatic carbocycles. The average molecular weight is 313 g/mol. The molecule has 1 rings (SSSR count). The lowest BCUT2D eigenvalue weighted by atomic mass is 10.2. The zero-order chi connectivity index (χ0) is 16.2. The summed E-state index contributed by atoms with van der Waals surface area (Å²) < 4.78 is 26.4. The summed E-state index contributed by atoms with van der Waals surface area (Å²) in [6.07, 6.45) is -1.04. The van der Waals surface area contributed by atoms with Gasteiger partial charge in [0.05, 0.1) is 16.9 Å². The van der Waals surface area contributed by atoms with E-state index in [2.05, 4.69) is 0 Å². The number of carbonyl (C=O) groups is 2. The molecule has 0 bridgehead atoms. The molecular weight excluding hydrogens is 298 g/mol. The lowest BCUT2D eigenvalue weighted by Gasteiger charge is -2.20. The number of hydrogen-bond acceptors (Lipinski definition) is 6. The van der Waals surface area contributed by atoms with E-state index in [-0.39, 0.29) is 4.90 Å². The van der Waals surface area contributed by atoms with Gasteiger partial charge in [-0.3, -0.25) is 0 Å². The smallest absolute Gasteiger partial charge is 0.241 e. The van der Waals surface area contributed by atoms with Gasteiger partial charge in [0.2, 0.25) is 10.0 Å². The number of aliphatic carboxylic acids is 2. The van der Waals surface area contributed by atoms with E-state index in [0.717, 1.165) is 0 Å². The molecule has 0 aliphatic rings. The molecular formula is C13H15NO6S-2. The molecule has 1 unspecified atom stereocenters. The summed E-state index contributed by atoms with van der Waals surface area (Å²) in [5.74, 6) is -3.16. The molecule has 116 valence electrons. The van der Waals surface area contributed by atoms with E-state index < -0.39 is 40.8 Å². The highest BCUT2D eigenvalue weighted by molar-refractivity contribution is 7.89. The van der Waals surface area contributed by atoms with E-state index in [1.54, 1.807) is 26.0 Å². The van der Waals surface area contributed by atoms with E-state index in [4.69, 9.17) is 0 Å². The maximum absolute atomic E-state index is 12.2. The van der Waals surface area contributed by atoms with Gasteiger partial charge in [-0.25, -0.2) is 13.1 Å². The standard InChI is InChI=1S/C13H17NO6S/c1-8-3-4-9(2)11(7-8)21(19,20)14-10(13(17)18)5-6-12(15)16/h3-4,7,10,14H,5-6H2,1-2H3,(H,15,16)(H,17,18)/p-2. The number of carbonyl (C=O) groups excluding carboxylic acids is 2. The lowest BCUT2D eigenvalue weighted by Crippen LogP contribution is -2.48. The first kappa shape index (κ1) is 17.1. The molecule has 0 saturated heterocycles. The van der Waals surface area contributed by atoms with Crippen LogP contribution in [0.5, 0.6) is 0 Å². The average Bonchev–Trinajstić information content (AvgIpc) is 2.36. The van der Waals surface area contributed by atoms with Gasteiger partial charge in [0, 0.05) is 5.97 Å². The summed E-state index contributed by atoms with van der Waals surface area (Å²) in [7, 11) is -4.09. The lowest BCUT2D eigenvalue weighted by molar-refractivity contribution is -0.309. The number of rotatable bonds is 7. The maximum Gasteiger partial charge on any atom is 0.241 e. The minimum absolute atomic E-state index is 0.0535. The van der Waals surface area contributed by atoms with Crippen molar-refractivity contribution in [1.29, 1.82) is 0 Å². The van der Waals surface area contributed by atoms with Crippen LogP contribution in [-0.4, -0.2) is 26.4 Å². The predicted octanol–water partition coefficient (Wildman–Crippen LogP) is -1.77. The molecule has 0 radical (unpaired) electrons. The molecule has 0 fully saturated rings. The van der Waals surface area contributed by atoms with Crippen LogP contribution in [0.1, 0.15) is 24.0 Å². The second kappa shape index (κ2) is 6.68. The summed E-state index contributed by atoms with van der Waals surface area (Å²) >= 11 is 0. The van der Waals surface area contributed by atoms with Crippen LogP contribution < -0.4 is 14.9 Å². The fourth-order valence-corrected chi connectivity index (χ4v) is 3.28. The first-order valence-electron chi connectivity index (χ1n) is 6.14. The fraction of sp³-hybridized carbons (Fsp3) is 0.385. The molecule has 0 heterocycles. The number of sulfonamides is 1. The summed E-state index contributed by atoms with van der Waals surface area (Å²) in [6.45, 7) is 3.27. The Kier molecular flexibility index (Phi) is 5.45. The highest BCUT2D eigenvalue weighted by Crippen LogP contribution is 2.17. The number of benzene rings is 1. The zero-order valence-corrected chi connectivity index (χ0v) is 12.4. The van der Waals surface area contributed by atoms with Gasteiger partial charge in [0.1, 0.15) is 0 Å². The van der Waals surface area contributed by atoms with Gasteiger partial charge in [-0.05, 0) is 43.9 Å². The van der Waals surface area contributed by atoms with Crippen LogP contribution in [0.4, 0.5) is 0 Å². The molecule has 0 aliphatic carbocycles. The van der Waals surface area contributed by atoms with Gasteiger partial charge >= 0.3 is 0 Å². The van der Waals surface area contributed by atoms with Crippen LogP contribution in [0, 0.1) is 13.8 Å². The van der Waals surface area contributed by atoms with Crippen molar-refractivity contribution >= 4 is 22.0 Å². The van der Waals surface area contributed by atoms with Crippen molar-refractivity contribution in [2.24, 2.45) is 0 Å². The minimum Gasteiger partial charge on any atom is -0.550 e. The molecule has 0 aromatic heterocycles. The van der Waals surface area contributed by atoms with Crippen molar-refractivity contribution < 1.29 is 28.2 Å². The van der Waals surface area contributed by atoms with Crippen LogP contribution in [0.2, 0.25) is 0 Å². The minimum atomic E-state index is -4.09. The molecule has 0 aliphatic heterocycles. The zero-order valence-electron chi connectivity index (χ0n) is 11.6.